The second-order valence-electron chi connectivity index (χ2n) is 10.9. The zero-order valence-corrected chi connectivity index (χ0v) is 21.5. The molecule has 37 heavy (non-hydrogen) atoms. The molecule has 2 aromatic rings. The monoisotopic (exact) mass is 545 g/mol. The van der Waals surface area contributed by atoms with Gasteiger partial charge in [0.1, 0.15) is 11.0 Å². The summed E-state index contributed by atoms with van der Waals surface area (Å²) in [4.78, 5) is 2.98. The van der Waals surface area contributed by atoms with E-state index >= 15 is 0 Å². The van der Waals surface area contributed by atoms with Crippen LogP contribution in [-0.2, 0) is 14.4 Å². The number of benzene rings is 1. The molecular formula is C24H25F2N7O2S2. The van der Waals surface area contributed by atoms with Crippen LogP contribution in [0.1, 0.15) is 32.1 Å². The van der Waals surface area contributed by atoms with Crippen molar-refractivity contribution in [3.8, 4) is 6.07 Å². The predicted molar refractivity (Wildman–Crippen MR) is 138 cm³/mol. The molecule has 194 valence electrons. The highest BCUT2D eigenvalue weighted by atomic mass is 32.2. The van der Waals surface area contributed by atoms with Gasteiger partial charge >= 0.3 is 0 Å². The molecule has 3 aliphatic heterocycles. The largest absolute Gasteiger partial charge is 0.380 e. The molecule has 2 aliphatic carbocycles. The summed E-state index contributed by atoms with van der Waals surface area (Å²) in [5.74, 6) is 0. The number of piperidine rings is 1. The Kier molecular flexibility index (Phi) is 4.80. The van der Waals surface area contributed by atoms with E-state index in [1.807, 2.05) is 6.07 Å². The fourth-order valence-electron chi connectivity index (χ4n) is 5.70. The first-order valence-corrected chi connectivity index (χ1v) is 14.6. The molecular weight excluding hydrogens is 520 g/mol. The molecule has 0 radical (unpaired) electrons. The fourth-order valence-corrected chi connectivity index (χ4v) is 9.38. The van der Waals surface area contributed by atoms with Gasteiger partial charge in [0, 0.05) is 45.8 Å². The van der Waals surface area contributed by atoms with Crippen LogP contribution in [0.15, 0.2) is 23.2 Å². The molecule has 2 atom stereocenters. The van der Waals surface area contributed by atoms with Crippen molar-refractivity contribution in [2.75, 3.05) is 31.2 Å². The van der Waals surface area contributed by atoms with Crippen LogP contribution in [0.5, 0.6) is 0 Å². The van der Waals surface area contributed by atoms with E-state index in [0.717, 1.165) is 62.0 Å². The first-order valence-electron chi connectivity index (χ1n) is 12.2. The quantitative estimate of drug-likeness (QED) is 0.307. The summed E-state index contributed by atoms with van der Waals surface area (Å²) in [5.41, 5.74) is -0.671. The lowest BCUT2D eigenvalue weighted by Crippen LogP contribution is -2.54. The van der Waals surface area contributed by atoms with Crippen LogP contribution in [0.25, 0.3) is 10.9 Å². The second-order valence-corrected chi connectivity index (χ2v) is 14.2. The van der Waals surface area contributed by atoms with Crippen molar-refractivity contribution < 1.29 is 17.7 Å². The molecule has 4 heterocycles. The molecule has 4 fully saturated rings. The number of aromatic nitrogens is 2. The van der Waals surface area contributed by atoms with Crippen molar-refractivity contribution in [3.05, 3.63) is 18.3 Å². The fraction of sp³-hybridized carbons (Fsp3) is 0.542. The second kappa shape index (κ2) is 7.53. The van der Waals surface area contributed by atoms with E-state index in [1.165, 1.54) is 4.68 Å². The van der Waals surface area contributed by atoms with E-state index in [0.29, 0.717) is 28.1 Å². The van der Waals surface area contributed by atoms with Gasteiger partial charge in [0.2, 0.25) is 0 Å². The highest BCUT2D eigenvalue weighted by Crippen LogP contribution is 2.51. The Hall–Kier alpha value is -2.53. The third-order valence-corrected chi connectivity index (χ3v) is 12.3. The summed E-state index contributed by atoms with van der Waals surface area (Å²) in [5, 5.41) is 31.7. The van der Waals surface area contributed by atoms with Gasteiger partial charge in [-0.15, -0.1) is 0 Å². The van der Waals surface area contributed by atoms with E-state index < -0.39 is 27.1 Å². The normalized spacial score (nSPS) is 30.4. The molecule has 0 bridgehead atoms. The van der Waals surface area contributed by atoms with E-state index in [4.69, 9.17) is 15.6 Å². The lowest BCUT2D eigenvalue weighted by molar-refractivity contribution is -0.124. The Bertz CT molecular complexity index is 1550. The number of nitriles is 1. The Labute approximate surface area is 216 Å². The standard InChI is InChI=1S/C24H25F2N7O2S2/c25-19(26)24-9-18(24)37(34,31-24)14-7-16(32-5-3-22(4-6-32)12-35-13-22)15-10-30-33(17(15)8-14)21(29)36-20(28)23(11-27)1-2-23/h7-8,10,19,28-29H,1-6,9,12-13H2,(H,31,34). The van der Waals surface area contributed by atoms with Gasteiger partial charge in [-0.25, -0.2) is 22.4 Å². The van der Waals surface area contributed by atoms with Crippen molar-refractivity contribution in [1.82, 2.24) is 14.5 Å². The molecule has 2 saturated heterocycles. The first kappa shape index (κ1) is 23.6. The van der Waals surface area contributed by atoms with Crippen molar-refractivity contribution in [2.24, 2.45) is 10.8 Å². The van der Waals surface area contributed by atoms with Crippen molar-refractivity contribution in [3.63, 3.8) is 0 Å². The number of nitrogens with zero attached hydrogens (tertiary/aromatic N) is 4. The Morgan fingerprint density at radius 2 is 1.97 bits per heavy atom. The average Bonchev–Trinajstić information content (AvgIpc) is 3.75. The van der Waals surface area contributed by atoms with Crippen LogP contribution < -0.4 is 9.62 Å². The SMILES string of the molecule is N#CC1(C(=N)SC(=N)n2ncc3c(N4CCC5(CC4)COC5)cc(S4(=O)=C5CC5(C(F)F)N4)cc32)CC1. The van der Waals surface area contributed by atoms with Gasteiger partial charge in [-0.1, -0.05) is 0 Å². The molecule has 3 N–H and O–H groups in total. The molecule has 2 saturated carbocycles. The van der Waals surface area contributed by atoms with Gasteiger partial charge < -0.3 is 9.64 Å². The maximum atomic E-state index is 13.8. The van der Waals surface area contributed by atoms with Gasteiger partial charge in [-0.2, -0.15) is 10.4 Å². The van der Waals surface area contributed by atoms with Crippen LogP contribution in [-0.4, -0.2) is 67.3 Å². The van der Waals surface area contributed by atoms with E-state index in [2.05, 4.69) is 20.8 Å². The number of ether oxygens (including phenoxy) is 1. The maximum Gasteiger partial charge on any atom is 0.262 e. The topological polar surface area (TPSA) is 131 Å². The number of nitrogens with one attached hydrogen (secondary N) is 3. The smallest absolute Gasteiger partial charge is 0.262 e. The minimum absolute atomic E-state index is 0.0358. The van der Waals surface area contributed by atoms with Crippen LogP contribution >= 0.6 is 11.8 Å². The lowest BCUT2D eigenvalue weighted by Gasteiger charge is -2.48. The molecule has 0 amide bonds. The summed E-state index contributed by atoms with van der Waals surface area (Å²) in [7, 11) is -2.97. The number of fused-ring (bicyclic) bond motifs is 2. The third-order valence-electron chi connectivity index (χ3n) is 8.60. The Morgan fingerprint density at radius 3 is 2.51 bits per heavy atom. The number of hydrogen-bond acceptors (Lipinski definition) is 8. The Balaban J connectivity index is 1.29. The van der Waals surface area contributed by atoms with Crippen molar-refractivity contribution in [1.29, 1.82) is 16.1 Å². The van der Waals surface area contributed by atoms with E-state index in [-0.39, 0.29) is 22.0 Å². The van der Waals surface area contributed by atoms with Gasteiger partial charge in [-0.05, 0) is 49.6 Å². The molecule has 7 rings (SSSR count). The number of thioether (sulfide) groups is 1. The first-order chi connectivity index (χ1) is 17.7. The van der Waals surface area contributed by atoms with Crippen LogP contribution in [0.3, 0.4) is 0 Å². The summed E-state index contributed by atoms with van der Waals surface area (Å²) in [6, 6.07) is 5.67. The molecule has 13 heteroatoms. The minimum Gasteiger partial charge on any atom is -0.380 e. The summed E-state index contributed by atoms with van der Waals surface area (Å²) < 4.78 is 50.5. The van der Waals surface area contributed by atoms with Crippen molar-refractivity contribution in [2.45, 2.75) is 49.0 Å². The third kappa shape index (κ3) is 3.22. The minimum atomic E-state index is -2.97. The number of halogens is 2. The lowest BCUT2D eigenvalue weighted by atomic mass is 9.76. The summed E-state index contributed by atoms with van der Waals surface area (Å²) in [6.07, 6.45) is 2.29. The number of anilines is 1. The molecule has 2 unspecified atom stereocenters. The molecule has 5 aliphatic rings. The van der Waals surface area contributed by atoms with Crippen LogP contribution in [0.2, 0.25) is 0 Å². The van der Waals surface area contributed by atoms with Crippen LogP contribution in [0.4, 0.5) is 14.5 Å². The summed E-state index contributed by atoms with van der Waals surface area (Å²) >= 11 is 0.889. The molecule has 1 aromatic heterocycles. The van der Waals surface area contributed by atoms with Gasteiger partial charge in [0.05, 0.1) is 45.7 Å². The zero-order valence-electron chi connectivity index (χ0n) is 19.9. The average molecular weight is 546 g/mol. The number of hydrogen-bond donors (Lipinski definition) is 3. The van der Waals surface area contributed by atoms with Gasteiger partial charge in [-0.3, -0.25) is 10.8 Å². The zero-order chi connectivity index (χ0) is 25.8. The van der Waals surface area contributed by atoms with E-state index in [9.17, 15) is 18.3 Å². The van der Waals surface area contributed by atoms with Gasteiger partial charge in [0.15, 0.2) is 5.17 Å². The van der Waals surface area contributed by atoms with E-state index in [1.54, 1.807) is 12.3 Å². The van der Waals surface area contributed by atoms with Crippen molar-refractivity contribution >= 4 is 53.1 Å². The van der Waals surface area contributed by atoms with Gasteiger partial charge in [0.25, 0.3) is 6.43 Å². The number of alkyl halides is 2. The molecule has 1 aromatic carbocycles. The summed E-state index contributed by atoms with van der Waals surface area (Å²) in [6.45, 7) is 3.09. The Morgan fingerprint density at radius 1 is 1.24 bits per heavy atom. The molecule has 9 nitrogen and oxygen atoms in total. The van der Waals surface area contributed by atoms with Crippen LogP contribution in [0, 0.1) is 33.0 Å². The molecule has 1 spiro atoms. The number of rotatable bonds is 4. The maximum absolute atomic E-state index is 13.8. The predicted octanol–water partition coefficient (Wildman–Crippen LogP) is 3.19. The highest BCUT2D eigenvalue weighted by Gasteiger charge is 2.69. The highest BCUT2D eigenvalue weighted by molar-refractivity contribution is 8.26.